The molecule has 0 N–H and O–H groups in total. The highest BCUT2D eigenvalue weighted by atomic mass is 16.5. The van der Waals surface area contributed by atoms with Gasteiger partial charge in [0, 0.05) is 18.1 Å². The van der Waals surface area contributed by atoms with Crippen LogP contribution in [-0.2, 0) is 9.53 Å². The maximum atomic E-state index is 11.4. The number of hydrogen-bond acceptors (Lipinski definition) is 5. The lowest BCUT2D eigenvalue weighted by Crippen LogP contribution is -2.16. The quantitative estimate of drug-likeness (QED) is 0.738. The van der Waals surface area contributed by atoms with Gasteiger partial charge in [-0.3, -0.25) is 9.98 Å². The molecule has 1 atom stereocenters. The number of hydrogen-bond donors (Lipinski definition) is 0. The monoisotopic (exact) mass is 234 g/mol. The van der Waals surface area contributed by atoms with Gasteiger partial charge in [0.2, 0.25) is 0 Å². The summed E-state index contributed by atoms with van der Waals surface area (Å²) in [7, 11) is 2.98. The lowest BCUT2D eigenvalue weighted by Gasteiger charge is -2.06. The zero-order chi connectivity index (χ0) is 12.3. The van der Waals surface area contributed by atoms with Crippen molar-refractivity contribution in [3.63, 3.8) is 0 Å². The molecular weight excluding hydrogens is 220 g/mol. The fourth-order valence-corrected chi connectivity index (χ4v) is 1.88. The average molecular weight is 234 g/mol. The molecule has 0 spiro atoms. The van der Waals surface area contributed by atoms with E-state index in [2.05, 4.69) is 14.7 Å². The molecule has 0 radical (unpaired) electrons. The van der Waals surface area contributed by atoms with E-state index in [0.717, 1.165) is 23.4 Å². The van der Waals surface area contributed by atoms with Gasteiger partial charge < -0.3 is 9.47 Å². The first-order valence-corrected chi connectivity index (χ1v) is 5.39. The fraction of sp³-hybridized carbons (Fsp3) is 0.417. The van der Waals surface area contributed by atoms with Gasteiger partial charge >= 0.3 is 5.97 Å². The highest BCUT2D eigenvalue weighted by molar-refractivity contribution is 6.05. The second-order valence-corrected chi connectivity index (χ2v) is 3.73. The van der Waals surface area contributed by atoms with Gasteiger partial charge in [-0.05, 0) is 18.9 Å². The van der Waals surface area contributed by atoms with Crippen LogP contribution in [0.5, 0.6) is 5.75 Å². The molecule has 0 amide bonds. The lowest BCUT2D eigenvalue weighted by molar-refractivity contribution is -0.141. The molecule has 2 heterocycles. The van der Waals surface area contributed by atoms with E-state index in [1.165, 1.54) is 7.11 Å². The number of aliphatic imine (C=N–C) groups is 1. The van der Waals surface area contributed by atoms with Crippen LogP contribution in [0.15, 0.2) is 23.5 Å². The van der Waals surface area contributed by atoms with Crippen molar-refractivity contribution in [1.29, 1.82) is 0 Å². The Balaban J connectivity index is 2.27. The number of carbonyl (C=O) groups excluding carboxylic acids is 1. The lowest BCUT2D eigenvalue weighted by atomic mass is 10.1. The number of nitrogens with zero attached hydrogens (tertiary/aromatic N) is 2. The molecule has 1 aliphatic rings. The van der Waals surface area contributed by atoms with Crippen molar-refractivity contribution in [3.8, 4) is 5.75 Å². The molecule has 0 aromatic carbocycles. The van der Waals surface area contributed by atoms with Crippen LogP contribution in [0.2, 0.25) is 0 Å². The third-order valence-corrected chi connectivity index (χ3v) is 2.75. The fourth-order valence-electron chi connectivity index (χ4n) is 1.88. The van der Waals surface area contributed by atoms with Crippen molar-refractivity contribution < 1.29 is 14.3 Å². The first-order chi connectivity index (χ1) is 8.26. The van der Waals surface area contributed by atoms with Gasteiger partial charge in [0.05, 0.1) is 19.8 Å². The summed E-state index contributed by atoms with van der Waals surface area (Å²) in [5, 5.41) is 0. The maximum absolute atomic E-state index is 11.4. The molecule has 0 unspecified atom stereocenters. The van der Waals surface area contributed by atoms with E-state index in [9.17, 15) is 4.79 Å². The summed E-state index contributed by atoms with van der Waals surface area (Å²) < 4.78 is 9.92. The van der Waals surface area contributed by atoms with E-state index in [1.807, 2.05) is 0 Å². The zero-order valence-corrected chi connectivity index (χ0v) is 9.84. The SMILES string of the molecule is COC(=O)[C@@H]1CCC(c2cnccc2OC)=N1. The molecule has 17 heavy (non-hydrogen) atoms. The second-order valence-electron chi connectivity index (χ2n) is 3.73. The third-order valence-electron chi connectivity index (χ3n) is 2.75. The number of carbonyl (C=O) groups is 1. The number of pyridine rings is 1. The summed E-state index contributed by atoms with van der Waals surface area (Å²) in [4.78, 5) is 19.8. The molecule has 0 bridgehead atoms. The Bertz CT molecular complexity index is 457. The zero-order valence-electron chi connectivity index (χ0n) is 9.84. The van der Waals surface area contributed by atoms with Crippen LogP contribution in [0.4, 0.5) is 0 Å². The molecule has 0 saturated carbocycles. The van der Waals surface area contributed by atoms with Crippen LogP contribution < -0.4 is 4.74 Å². The number of esters is 1. The Morgan fingerprint density at radius 2 is 2.29 bits per heavy atom. The number of ether oxygens (including phenoxy) is 2. The van der Waals surface area contributed by atoms with E-state index in [4.69, 9.17) is 4.74 Å². The highest BCUT2D eigenvalue weighted by Crippen LogP contribution is 2.25. The van der Waals surface area contributed by atoms with E-state index in [-0.39, 0.29) is 12.0 Å². The molecule has 90 valence electrons. The van der Waals surface area contributed by atoms with Crippen LogP contribution in [-0.4, -0.2) is 36.9 Å². The van der Waals surface area contributed by atoms with Crippen LogP contribution in [0, 0.1) is 0 Å². The minimum Gasteiger partial charge on any atom is -0.496 e. The summed E-state index contributed by atoms with van der Waals surface area (Å²) in [5.74, 6) is 0.437. The summed E-state index contributed by atoms with van der Waals surface area (Å²) in [6.07, 6.45) is 4.79. The normalized spacial score (nSPS) is 18.7. The van der Waals surface area contributed by atoms with Crippen LogP contribution >= 0.6 is 0 Å². The van der Waals surface area contributed by atoms with Crippen molar-refractivity contribution >= 4 is 11.7 Å². The summed E-state index contributed by atoms with van der Waals surface area (Å²) in [6.45, 7) is 0. The van der Waals surface area contributed by atoms with Gasteiger partial charge in [-0.2, -0.15) is 0 Å². The minimum absolute atomic E-state index is 0.289. The van der Waals surface area contributed by atoms with Gasteiger partial charge in [0.15, 0.2) is 0 Å². The summed E-state index contributed by atoms with van der Waals surface area (Å²) in [6, 6.07) is 1.39. The maximum Gasteiger partial charge on any atom is 0.330 e. The molecule has 1 aromatic heterocycles. The molecule has 2 rings (SSSR count). The molecule has 5 nitrogen and oxygen atoms in total. The number of methoxy groups -OCH3 is 2. The van der Waals surface area contributed by atoms with Crippen molar-refractivity contribution in [1.82, 2.24) is 4.98 Å². The van der Waals surface area contributed by atoms with Gasteiger partial charge in [-0.1, -0.05) is 0 Å². The molecule has 0 fully saturated rings. The first kappa shape index (κ1) is 11.6. The molecular formula is C12H14N2O3. The average Bonchev–Trinajstić information content (AvgIpc) is 2.87. The smallest absolute Gasteiger partial charge is 0.330 e. The Labute approximate surface area is 99.5 Å². The van der Waals surface area contributed by atoms with E-state index < -0.39 is 0 Å². The van der Waals surface area contributed by atoms with Crippen molar-refractivity contribution in [2.45, 2.75) is 18.9 Å². The first-order valence-electron chi connectivity index (χ1n) is 5.39. The van der Waals surface area contributed by atoms with Gasteiger partial charge in [-0.15, -0.1) is 0 Å². The Kier molecular flexibility index (Phi) is 3.37. The largest absolute Gasteiger partial charge is 0.496 e. The van der Waals surface area contributed by atoms with Crippen LogP contribution in [0.25, 0.3) is 0 Å². The predicted molar refractivity (Wildman–Crippen MR) is 62.4 cm³/mol. The number of aromatic nitrogens is 1. The summed E-state index contributed by atoms with van der Waals surface area (Å²) >= 11 is 0. The van der Waals surface area contributed by atoms with E-state index in [0.29, 0.717) is 6.42 Å². The summed E-state index contributed by atoms with van der Waals surface area (Å²) in [5.41, 5.74) is 1.70. The topological polar surface area (TPSA) is 60.8 Å². The molecule has 0 aliphatic carbocycles. The van der Waals surface area contributed by atoms with Crippen molar-refractivity contribution in [2.75, 3.05) is 14.2 Å². The second kappa shape index (κ2) is 4.95. The Morgan fingerprint density at radius 1 is 1.47 bits per heavy atom. The van der Waals surface area contributed by atoms with E-state index in [1.54, 1.807) is 25.6 Å². The minimum atomic E-state index is -0.389. The van der Waals surface area contributed by atoms with Gasteiger partial charge in [-0.25, -0.2) is 4.79 Å². The van der Waals surface area contributed by atoms with E-state index >= 15 is 0 Å². The van der Waals surface area contributed by atoms with Gasteiger partial charge in [0.25, 0.3) is 0 Å². The van der Waals surface area contributed by atoms with Crippen LogP contribution in [0.3, 0.4) is 0 Å². The molecule has 0 saturated heterocycles. The Hall–Kier alpha value is -1.91. The van der Waals surface area contributed by atoms with Crippen molar-refractivity contribution in [3.05, 3.63) is 24.0 Å². The Morgan fingerprint density at radius 3 is 3.00 bits per heavy atom. The standard InChI is InChI=1S/C12H14N2O3/c1-16-11-5-6-13-7-8(11)9-3-4-10(14-9)12(15)17-2/h5-7,10H,3-4H2,1-2H3/t10-/m0/s1. The molecule has 1 aromatic rings. The third kappa shape index (κ3) is 2.27. The number of rotatable bonds is 3. The highest BCUT2D eigenvalue weighted by Gasteiger charge is 2.26. The van der Waals surface area contributed by atoms with Crippen molar-refractivity contribution in [2.24, 2.45) is 4.99 Å². The molecule has 1 aliphatic heterocycles. The van der Waals surface area contributed by atoms with Crippen LogP contribution in [0.1, 0.15) is 18.4 Å². The molecule has 5 heteroatoms. The predicted octanol–water partition coefficient (Wildman–Crippen LogP) is 1.21. The van der Waals surface area contributed by atoms with Gasteiger partial charge in [0.1, 0.15) is 11.8 Å².